The Morgan fingerprint density at radius 3 is 2.62 bits per heavy atom. The second-order valence-electron chi connectivity index (χ2n) is 6.04. The number of hydrogen-bond donors (Lipinski definition) is 1. The first kappa shape index (κ1) is 14.0. The average molecular weight is 285 g/mol. The Bertz CT molecular complexity index is 611. The molecule has 0 saturated heterocycles. The van der Waals surface area contributed by atoms with Crippen molar-refractivity contribution in [2.75, 3.05) is 12.4 Å². The fraction of sp³-hybridized carbons (Fsp3) is 0.562. The normalized spacial score (nSPS) is 15.8. The van der Waals surface area contributed by atoms with Crippen LogP contribution in [0.5, 0.6) is 0 Å². The third kappa shape index (κ3) is 2.91. The second kappa shape index (κ2) is 5.84. The van der Waals surface area contributed by atoms with Crippen molar-refractivity contribution in [3.63, 3.8) is 0 Å². The molecular formula is C16H23N5. The smallest absolute Gasteiger partial charge is 0.164 e. The third-order valence-electron chi connectivity index (χ3n) is 4.16. The first-order valence-electron chi connectivity index (χ1n) is 7.78. The molecule has 112 valence electrons. The molecule has 2 aromatic heterocycles. The molecule has 1 fully saturated rings. The van der Waals surface area contributed by atoms with Crippen molar-refractivity contribution in [3.8, 4) is 11.4 Å². The lowest BCUT2D eigenvalue weighted by atomic mass is 10.0. The summed E-state index contributed by atoms with van der Waals surface area (Å²) < 4.78 is 1.94. The molecule has 1 aliphatic rings. The summed E-state index contributed by atoms with van der Waals surface area (Å²) in [7, 11) is 1.90. The molecule has 3 rings (SSSR count). The zero-order valence-corrected chi connectivity index (χ0v) is 13.0. The van der Waals surface area contributed by atoms with Crippen LogP contribution in [0.3, 0.4) is 0 Å². The molecule has 2 aromatic rings. The van der Waals surface area contributed by atoms with Crippen molar-refractivity contribution in [2.45, 2.75) is 51.5 Å². The molecule has 0 unspecified atom stereocenters. The largest absolute Gasteiger partial charge is 0.373 e. The van der Waals surface area contributed by atoms with Gasteiger partial charge >= 0.3 is 0 Å². The fourth-order valence-corrected chi connectivity index (χ4v) is 2.89. The van der Waals surface area contributed by atoms with Gasteiger partial charge in [-0.25, -0.2) is 9.97 Å². The van der Waals surface area contributed by atoms with Crippen LogP contribution in [0.15, 0.2) is 18.5 Å². The van der Waals surface area contributed by atoms with Crippen LogP contribution in [0.2, 0.25) is 0 Å². The minimum absolute atomic E-state index is 0.348. The van der Waals surface area contributed by atoms with Gasteiger partial charge < -0.3 is 5.32 Å². The molecule has 2 heterocycles. The monoisotopic (exact) mass is 285 g/mol. The zero-order valence-electron chi connectivity index (χ0n) is 13.0. The predicted octanol–water partition coefficient (Wildman–Crippen LogP) is 3.62. The number of hydrogen-bond acceptors (Lipinski definition) is 4. The van der Waals surface area contributed by atoms with E-state index >= 15 is 0 Å². The molecule has 1 saturated carbocycles. The van der Waals surface area contributed by atoms with Crippen LogP contribution in [-0.4, -0.2) is 26.8 Å². The van der Waals surface area contributed by atoms with Crippen LogP contribution in [0, 0.1) is 0 Å². The van der Waals surface area contributed by atoms with Gasteiger partial charge in [0.05, 0.1) is 11.8 Å². The van der Waals surface area contributed by atoms with Gasteiger partial charge in [0.25, 0.3) is 0 Å². The number of rotatable bonds is 4. The molecular weight excluding hydrogens is 262 g/mol. The van der Waals surface area contributed by atoms with Crippen LogP contribution < -0.4 is 5.32 Å². The highest BCUT2D eigenvalue weighted by Gasteiger charge is 2.20. The Morgan fingerprint density at radius 1 is 1.24 bits per heavy atom. The molecule has 0 radical (unpaired) electrons. The maximum atomic E-state index is 4.80. The quantitative estimate of drug-likeness (QED) is 0.932. The summed E-state index contributed by atoms with van der Waals surface area (Å²) in [5, 5.41) is 7.54. The highest BCUT2D eigenvalue weighted by Crippen LogP contribution is 2.34. The summed E-state index contributed by atoms with van der Waals surface area (Å²) >= 11 is 0. The first-order chi connectivity index (χ1) is 10.2. The van der Waals surface area contributed by atoms with E-state index in [9.17, 15) is 0 Å². The van der Waals surface area contributed by atoms with Gasteiger partial charge in [-0.15, -0.1) is 0 Å². The van der Waals surface area contributed by atoms with Crippen molar-refractivity contribution in [3.05, 3.63) is 24.2 Å². The maximum absolute atomic E-state index is 4.80. The minimum atomic E-state index is 0.348. The molecule has 0 aromatic carbocycles. The lowest BCUT2D eigenvalue weighted by Crippen LogP contribution is -2.04. The Morgan fingerprint density at radius 2 is 2.00 bits per heavy atom. The number of aromatic nitrogens is 4. The van der Waals surface area contributed by atoms with Crippen molar-refractivity contribution < 1.29 is 0 Å². The van der Waals surface area contributed by atoms with Crippen molar-refractivity contribution in [1.29, 1.82) is 0 Å². The Balaban J connectivity index is 1.98. The summed E-state index contributed by atoms with van der Waals surface area (Å²) in [6, 6.07) is 2.44. The Hall–Kier alpha value is -1.91. The van der Waals surface area contributed by atoms with Gasteiger partial charge in [-0.05, 0) is 26.7 Å². The highest BCUT2D eigenvalue weighted by atomic mass is 15.3. The van der Waals surface area contributed by atoms with E-state index < -0.39 is 0 Å². The van der Waals surface area contributed by atoms with E-state index in [0.717, 1.165) is 17.2 Å². The number of nitrogens with one attached hydrogen (secondary N) is 1. The third-order valence-corrected chi connectivity index (χ3v) is 4.16. The first-order valence-corrected chi connectivity index (χ1v) is 7.78. The van der Waals surface area contributed by atoms with E-state index in [2.05, 4.69) is 35.3 Å². The molecule has 0 bridgehead atoms. The Kier molecular flexibility index (Phi) is 3.90. The summed E-state index contributed by atoms with van der Waals surface area (Å²) in [6.07, 6.45) is 8.98. The molecule has 5 heteroatoms. The van der Waals surface area contributed by atoms with Crippen LogP contribution in [0.4, 0.5) is 5.82 Å². The summed E-state index contributed by atoms with van der Waals surface area (Å²) in [6.45, 7) is 4.23. The predicted molar refractivity (Wildman–Crippen MR) is 84.4 cm³/mol. The lowest BCUT2D eigenvalue weighted by molar-refractivity contribution is 0.532. The minimum Gasteiger partial charge on any atom is -0.373 e. The van der Waals surface area contributed by atoms with Crippen LogP contribution >= 0.6 is 0 Å². The number of nitrogens with zero attached hydrogens (tertiary/aromatic N) is 4. The Labute approximate surface area is 125 Å². The molecule has 1 N–H and O–H groups in total. The van der Waals surface area contributed by atoms with E-state index in [1.54, 1.807) is 0 Å². The van der Waals surface area contributed by atoms with Crippen molar-refractivity contribution in [2.24, 2.45) is 0 Å². The SMILES string of the molecule is CNc1cc(C2CCCC2)nc(-c2cnn(C(C)C)c2)n1. The van der Waals surface area contributed by atoms with Crippen LogP contribution in [-0.2, 0) is 0 Å². The van der Waals surface area contributed by atoms with Gasteiger partial charge in [0.15, 0.2) is 5.82 Å². The zero-order chi connectivity index (χ0) is 14.8. The van der Waals surface area contributed by atoms with Gasteiger partial charge in [-0.3, -0.25) is 4.68 Å². The highest BCUT2D eigenvalue weighted by molar-refractivity contribution is 5.56. The lowest BCUT2D eigenvalue weighted by Gasteiger charge is -2.11. The molecule has 21 heavy (non-hydrogen) atoms. The van der Waals surface area contributed by atoms with Gasteiger partial charge in [-0.2, -0.15) is 5.10 Å². The summed E-state index contributed by atoms with van der Waals surface area (Å²) in [4.78, 5) is 9.39. The number of anilines is 1. The van der Waals surface area contributed by atoms with Crippen LogP contribution in [0.1, 0.15) is 57.2 Å². The second-order valence-corrected chi connectivity index (χ2v) is 6.04. The topological polar surface area (TPSA) is 55.6 Å². The molecule has 5 nitrogen and oxygen atoms in total. The average Bonchev–Trinajstić information content (AvgIpc) is 3.18. The summed E-state index contributed by atoms with van der Waals surface area (Å²) in [5.74, 6) is 2.24. The van der Waals surface area contributed by atoms with E-state index in [-0.39, 0.29) is 0 Å². The van der Waals surface area contributed by atoms with Crippen LogP contribution in [0.25, 0.3) is 11.4 Å². The molecule has 0 aliphatic heterocycles. The summed E-state index contributed by atoms with van der Waals surface area (Å²) in [5.41, 5.74) is 2.15. The van der Waals surface area contributed by atoms with E-state index in [1.807, 2.05) is 24.1 Å². The molecule has 1 aliphatic carbocycles. The van der Waals surface area contributed by atoms with Crippen molar-refractivity contribution >= 4 is 5.82 Å². The maximum Gasteiger partial charge on any atom is 0.164 e. The van der Waals surface area contributed by atoms with E-state index in [0.29, 0.717) is 12.0 Å². The van der Waals surface area contributed by atoms with Crippen molar-refractivity contribution in [1.82, 2.24) is 19.7 Å². The molecule has 0 spiro atoms. The van der Waals surface area contributed by atoms with Gasteiger partial charge in [-0.1, -0.05) is 12.8 Å². The van der Waals surface area contributed by atoms with E-state index in [4.69, 9.17) is 4.98 Å². The van der Waals surface area contributed by atoms with Gasteiger partial charge in [0.1, 0.15) is 5.82 Å². The molecule has 0 amide bonds. The van der Waals surface area contributed by atoms with Gasteiger partial charge in [0.2, 0.25) is 0 Å². The molecule has 0 atom stereocenters. The standard InChI is InChI=1S/C16H23N5/c1-11(2)21-10-13(9-18-21)16-19-14(8-15(17-3)20-16)12-6-4-5-7-12/h8-12H,4-7H2,1-3H3,(H,17,19,20). The fourth-order valence-electron chi connectivity index (χ4n) is 2.89. The van der Waals surface area contributed by atoms with E-state index in [1.165, 1.54) is 31.4 Å². The van der Waals surface area contributed by atoms with Gasteiger partial charge in [0, 0.05) is 37.0 Å².